The molecule has 1 aromatic carbocycles. The number of hydrogen-bond acceptors (Lipinski definition) is 5. The van der Waals surface area contributed by atoms with Crippen LogP contribution in [0.1, 0.15) is 45.5 Å². The van der Waals surface area contributed by atoms with Crippen LogP contribution in [0.2, 0.25) is 5.02 Å². The van der Waals surface area contributed by atoms with Gasteiger partial charge in [0, 0.05) is 21.5 Å². The first-order chi connectivity index (χ1) is 16.6. The average molecular weight is 516 g/mol. The minimum Gasteiger partial charge on any atom is -0.311 e. The van der Waals surface area contributed by atoms with Gasteiger partial charge in [0.2, 0.25) is 0 Å². The summed E-state index contributed by atoms with van der Waals surface area (Å²) < 4.78 is 42.2. The maximum absolute atomic E-state index is 13.9. The standard InChI is InChI=1S/C24H17ClF3N5OS/c1-12-2-7-15-16(11-29)23(35-19(15)8-12)31-22(34)18-10-21-30-17(13-3-5-14(25)6-4-13)9-20(24(26,27)28)33(21)32-18/h3-6,9-10,12H,2,7-8H2,1H3,(H,31,34)/t12-/m1/s1. The number of hydrogen-bond donors (Lipinski definition) is 1. The van der Waals surface area contributed by atoms with Crippen LogP contribution in [-0.4, -0.2) is 20.5 Å². The van der Waals surface area contributed by atoms with E-state index in [9.17, 15) is 23.2 Å². The van der Waals surface area contributed by atoms with Gasteiger partial charge in [-0.15, -0.1) is 11.3 Å². The van der Waals surface area contributed by atoms with Crippen LogP contribution >= 0.6 is 22.9 Å². The van der Waals surface area contributed by atoms with Crippen molar-refractivity contribution >= 4 is 39.5 Å². The molecule has 5 rings (SSSR count). The van der Waals surface area contributed by atoms with Gasteiger partial charge >= 0.3 is 6.18 Å². The van der Waals surface area contributed by atoms with E-state index in [1.54, 1.807) is 24.3 Å². The first-order valence-corrected chi connectivity index (χ1v) is 11.9. The Kier molecular flexibility index (Phi) is 5.77. The van der Waals surface area contributed by atoms with Gasteiger partial charge < -0.3 is 5.32 Å². The summed E-state index contributed by atoms with van der Waals surface area (Å²) in [7, 11) is 0. The molecule has 4 aromatic rings. The summed E-state index contributed by atoms with van der Waals surface area (Å²) in [5.41, 5.74) is 0.425. The SMILES string of the molecule is C[C@@H]1CCc2c(sc(NC(=O)c3cc4nc(-c5ccc(Cl)cc5)cc(C(F)(F)F)n4n3)c2C#N)C1. The predicted molar refractivity (Wildman–Crippen MR) is 127 cm³/mol. The Bertz CT molecular complexity index is 1500. The van der Waals surface area contributed by atoms with E-state index in [2.05, 4.69) is 28.4 Å². The lowest BCUT2D eigenvalue weighted by Crippen LogP contribution is -2.15. The van der Waals surface area contributed by atoms with Crippen LogP contribution in [0.25, 0.3) is 16.9 Å². The molecule has 35 heavy (non-hydrogen) atoms. The summed E-state index contributed by atoms with van der Waals surface area (Å²) in [5, 5.41) is 17.1. The highest BCUT2D eigenvalue weighted by Gasteiger charge is 2.36. The zero-order valence-electron chi connectivity index (χ0n) is 18.3. The first kappa shape index (κ1) is 23.3. The molecule has 3 heterocycles. The molecule has 0 saturated carbocycles. The third-order valence-electron chi connectivity index (χ3n) is 5.94. The van der Waals surface area contributed by atoms with Crippen LogP contribution < -0.4 is 5.32 Å². The molecule has 1 atom stereocenters. The Labute approximate surface area is 207 Å². The minimum atomic E-state index is -4.74. The van der Waals surface area contributed by atoms with Crippen molar-refractivity contribution in [3.05, 3.63) is 68.8 Å². The number of nitriles is 1. The van der Waals surface area contributed by atoms with Gasteiger partial charge in [-0.25, -0.2) is 9.50 Å². The van der Waals surface area contributed by atoms with Crippen molar-refractivity contribution < 1.29 is 18.0 Å². The van der Waals surface area contributed by atoms with Gasteiger partial charge in [-0.05, 0) is 48.9 Å². The Morgan fingerprint density at radius 3 is 2.71 bits per heavy atom. The summed E-state index contributed by atoms with van der Waals surface area (Å²) in [6.45, 7) is 2.13. The number of thiophene rings is 1. The second-order valence-corrected chi connectivity index (χ2v) is 9.99. The molecule has 178 valence electrons. The Hall–Kier alpha value is -3.42. The third kappa shape index (κ3) is 4.37. The van der Waals surface area contributed by atoms with E-state index in [1.807, 2.05) is 0 Å². The highest BCUT2D eigenvalue weighted by molar-refractivity contribution is 7.16. The van der Waals surface area contributed by atoms with Crippen molar-refractivity contribution in [2.24, 2.45) is 5.92 Å². The number of carbonyl (C=O) groups excluding carboxylic acids is 1. The first-order valence-electron chi connectivity index (χ1n) is 10.7. The van der Waals surface area contributed by atoms with Gasteiger partial charge in [-0.1, -0.05) is 30.7 Å². The highest BCUT2D eigenvalue weighted by atomic mass is 35.5. The molecular weight excluding hydrogens is 499 g/mol. The zero-order valence-corrected chi connectivity index (χ0v) is 19.9. The molecular formula is C24H17ClF3N5OS. The molecule has 0 bridgehead atoms. The molecule has 0 saturated heterocycles. The molecule has 3 aromatic heterocycles. The molecule has 0 fully saturated rings. The van der Waals surface area contributed by atoms with Gasteiger partial charge in [0.25, 0.3) is 5.91 Å². The quantitative estimate of drug-likeness (QED) is 0.343. The summed E-state index contributed by atoms with van der Waals surface area (Å²) >= 11 is 7.22. The fourth-order valence-electron chi connectivity index (χ4n) is 4.18. The van der Waals surface area contributed by atoms with Crippen molar-refractivity contribution in [3.63, 3.8) is 0 Å². The number of halogens is 4. The Morgan fingerprint density at radius 1 is 1.29 bits per heavy atom. The number of aromatic nitrogens is 3. The molecule has 1 aliphatic rings. The molecule has 1 N–H and O–H groups in total. The van der Waals surface area contributed by atoms with E-state index in [1.165, 1.54) is 17.4 Å². The lowest BCUT2D eigenvalue weighted by atomic mass is 9.89. The Balaban J connectivity index is 1.54. The second kappa shape index (κ2) is 8.66. The van der Waals surface area contributed by atoms with E-state index in [4.69, 9.17) is 11.6 Å². The molecule has 1 amide bonds. The summed E-state index contributed by atoms with van der Waals surface area (Å²) in [6.07, 6.45) is -2.20. The number of nitrogens with zero attached hydrogens (tertiary/aromatic N) is 4. The van der Waals surface area contributed by atoms with E-state index in [-0.39, 0.29) is 17.0 Å². The lowest BCUT2D eigenvalue weighted by molar-refractivity contribution is -0.142. The number of fused-ring (bicyclic) bond motifs is 2. The number of amides is 1. The van der Waals surface area contributed by atoms with Crippen molar-refractivity contribution in [3.8, 4) is 17.3 Å². The molecule has 0 spiro atoms. The van der Waals surface area contributed by atoms with E-state index < -0.39 is 17.8 Å². The lowest BCUT2D eigenvalue weighted by Gasteiger charge is -2.17. The van der Waals surface area contributed by atoms with Crippen molar-refractivity contribution in [2.75, 3.05) is 5.32 Å². The van der Waals surface area contributed by atoms with Gasteiger partial charge in [0.15, 0.2) is 17.0 Å². The van der Waals surface area contributed by atoms with Crippen LogP contribution in [-0.2, 0) is 19.0 Å². The van der Waals surface area contributed by atoms with E-state index in [0.29, 0.717) is 31.6 Å². The van der Waals surface area contributed by atoms with Crippen LogP contribution in [0.3, 0.4) is 0 Å². The summed E-state index contributed by atoms with van der Waals surface area (Å²) in [5.74, 6) is -0.226. The molecule has 1 aliphatic carbocycles. The van der Waals surface area contributed by atoms with Gasteiger partial charge in [-0.2, -0.15) is 23.5 Å². The monoisotopic (exact) mass is 515 g/mol. The normalized spacial score (nSPS) is 15.6. The average Bonchev–Trinajstić information content (AvgIpc) is 3.38. The number of anilines is 1. The second-order valence-electron chi connectivity index (χ2n) is 8.45. The van der Waals surface area contributed by atoms with E-state index in [0.717, 1.165) is 35.8 Å². The number of carbonyl (C=O) groups is 1. The zero-order chi connectivity index (χ0) is 24.9. The number of benzene rings is 1. The smallest absolute Gasteiger partial charge is 0.311 e. The molecule has 0 radical (unpaired) electrons. The molecule has 6 nitrogen and oxygen atoms in total. The minimum absolute atomic E-state index is 0.0696. The van der Waals surface area contributed by atoms with Gasteiger partial charge in [0.1, 0.15) is 11.1 Å². The number of alkyl halides is 3. The highest BCUT2D eigenvalue weighted by Crippen LogP contribution is 2.39. The van der Waals surface area contributed by atoms with Crippen molar-refractivity contribution in [1.82, 2.24) is 14.6 Å². The van der Waals surface area contributed by atoms with Crippen LogP contribution in [0, 0.1) is 17.2 Å². The predicted octanol–water partition coefficient (Wildman–Crippen LogP) is 6.38. The molecule has 0 aliphatic heterocycles. The summed E-state index contributed by atoms with van der Waals surface area (Å²) in [6, 6.07) is 10.5. The van der Waals surface area contributed by atoms with Gasteiger partial charge in [-0.3, -0.25) is 4.79 Å². The molecule has 11 heteroatoms. The number of nitrogens with one attached hydrogen (secondary N) is 1. The fraction of sp³-hybridized carbons (Fsp3) is 0.250. The van der Waals surface area contributed by atoms with Crippen molar-refractivity contribution in [2.45, 2.75) is 32.4 Å². The largest absolute Gasteiger partial charge is 0.433 e. The Morgan fingerprint density at radius 2 is 2.03 bits per heavy atom. The van der Waals surface area contributed by atoms with Crippen molar-refractivity contribution in [1.29, 1.82) is 5.26 Å². The van der Waals surface area contributed by atoms with Crippen LogP contribution in [0.15, 0.2) is 36.4 Å². The van der Waals surface area contributed by atoms with E-state index >= 15 is 0 Å². The third-order valence-corrected chi connectivity index (χ3v) is 7.36. The number of rotatable bonds is 3. The van der Waals surface area contributed by atoms with Crippen LogP contribution in [0.4, 0.5) is 18.2 Å². The maximum Gasteiger partial charge on any atom is 0.433 e. The summed E-state index contributed by atoms with van der Waals surface area (Å²) in [4.78, 5) is 18.3. The van der Waals surface area contributed by atoms with Gasteiger partial charge in [0.05, 0.1) is 11.3 Å². The molecule has 0 unspecified atom stereocenters. The fourth-order valence-corrected chi connectivity index (χ4v) is 5.66. The topological polar surface area (TPSA) is 83.1 Å². The maximum atomic E-state index is 13.9. The van der Waals surface area contributed by atoms with Crippen LogP contribution in [0.5, 0.6) is 0 Å².